The lowest BCUT2D eigenvalue weighted by molar-refractivity contribution is -0.137. The Kier molecular flexibility index (Phi) is 8.03. The van der Waals surface area contributed by atoms with Crippen LogP contribution in [0.25, 0.3) is 110 Å². The molecule has 0 bridgehead atoms. The summed E-state index contributed by atoms with van der Waals surface area (Å²) >= 11 is 0. The predicted octanol–water partition coefficient (Wildman–Crippen LogP) is 16.2. The van der Waals surface area contributed by atoms with Gasteiger partial charge in [-0.1, -0.05) is 146 Å². The van der Waals surface area contributed by atoms with E-state index in [9.17, 15) is 13.2 Å². The van der Waals surface area contributed by atoms with Crippen LogP contribution in [-0.4, -0.2) is 9.13 Å². The fraction of sp³-hybridized carbons (Fsp3) is 0.0175. The first-order valence-electron chi connectivity index (χ1n) is 20.7. The molecule has 2 nitrogen and oxygen atoms in total. The quantitative estimate of drug-likeness (QED) is 0.153. The molecule has 10 aromatic carbocycles. The fourth-order valence-corrected chi connectivity index (χ4v) is 9.82. The number of nitrogens with zero attached hydrogens (tertiary/aromatic N) is 2. The van der Waals surface area contributed by atoms with Crippen molar-refractivity contribution in [2.75, 3.05) is 0 Å². The Morgan fingerprint density at radius 1 is 0.274 bits per heavy atom. The van der Waals surface area contributed by atoms with Gasteiger partial charge in [-0.25, -0.2) is 0 Å². The number of para-hydroxylation sites is 2. The second-order valence-electron chi connectivity index (χ2n) is 16.0. The molecule has 12 rings (SSSR count). The number of alkyl halides is 3. The summed E-state index contributed by atoms with van der Waals surface area (Å²) in [6.07, 6.45) is -4.44. The molecule has 0 saturated carbocycles. The summed E-state index contributed by atoms with van der Waals surface area (Å²) in [6.45, 7) is 0. The minimum atomic E-state index is -4.44. The van der Waals surface area contributed by atoms with Gasteiger partial charge in [0.15, 0.2) is 0 Å². The lowest BCUT2D eigenvalue weighted by atomic mass is 9.86. The number of aromatic nitrogens is 2. The predicted molar refractivity (Wildman–Crippen MR) is 251 cm³/mol. The number of halogens is 3. The van der Waals surface area contributed by atoms with Gasteiger partial charge in [-0.05, 0) is 122 Å². The largest absolute Gasteiger partial charge is 0.416 e. The highest BCUT2D eigenvalue weighted by Crippen LogP contribution is 2.45. The normalized spacial score (nSPS) is 12.1. The maximum absolute atomic E-state index is 13.8. The molecule has 0 spiro atoms. The first-order chi connectivity index (χ1) is 30.4. The van der Waals surface area contributed by atoms with Crippen LogP contribution in [0.2, 0.25) is 0 Å². The Balaban J connectivity index is 0.977. The molecule has 0 unspecified atom stereocenters. The summed E-state index contributed by atoms with van der Waals surface area (Å²) in [5.74, 6) is 0. The molecule has 0 radical (unpaired) electrons. The zero-order valence-electron chi connectivity index (χ0n) is 33.2. The van der Waals surface area contributed by atoms with Crippen molar-refractivity contribution in [1.82, 2.24) is 9.13 Å². The molecule has 0 fully saturated rings. The summed E-state index contributed by atoms with van der Waals surface area (Å²) in [5, 5.41) is 9.17. The van der Waals surface area contributed by atoms with Crippen LogP contribution in [-0.2, 0) is 6.18 Å². The van der Waals surface area contributed by atoms with Crippen LogP contribution in [0.3, 0.4) is 0 Å². The topological polar surface area (TPSA) is 9.86 Å². The van der Waals surface area contributed by atoms with E-state index in [1.54, 1.807) is 6.07 Å². The van der Waals surface area contributed by atoms with Gasteiger partial charge >= 0.3 is 6.18 Å². The van der Waals surface area contributed by atoms with E-state index < -0.39 is 11.7 Å². The summed E-state index contributed by atoms with van der Waals surface area (Å²) in [7, 11) is 0. The molecule has 0 amide bonds. The molecule has 2 aromatic heterocycles. The van der Waals surface area contributed by atoms with Gasteiger partial charge in [0.25, 0.3) is 0 Å². The van der Waals surface area contributed by atoms with Crippen molar-refractivity contribution in [3.63, 3.8) is 0 Å². The highest BCUT2D eigenvalue weighted by atomic mass is 19.4. The lowest BCUT2D eigenvalue weighted by Crippen LogP contribution is -2.06. The van der Waals surface area contributed by atoms with Gasteiger partial charge in [0.2, 0.25) is 0 Å². The zero-order valence-corrected chi connectivity index (χ0v) is 33.2. The summed E-state index contributed by atoms with van der Waals surface area (Å²) < 4.78 is 45.7. The third-order valence-corrected chi connectivity index (χ3v) is 12.5. The number of rotatable bonds is 5. The number of fused-ring (bicyclic) bond motifs is 8. The summed E-state index contributed by atoms with van der Waals surface area (Å²) in [5.41, 5.74) is 11.8. The third kappa shape index (κ3) is 5.59. The molecule has 294 valence electrons. The van der Waals surface area contributed by atoms with Gasteiger partial charge < -0.3 is 9.13 Å². The molecular weight excluding hydrogens is 770 g/mol. The Labute approximate surface area is 355 Å². The fourth-order valence-electron chi connectivity index (χ4n) is 9.82. The SMILES string of the molecule is FC(F)(F)c1cccc(-n2c3ccccc3c3cc(-c4ccc5c(c4)c4ccccc4n5-c4ccc(-c5c6ccccc6c(-c6ccccc6)c6ccccc56)cc4)ccc32)c1. The van der Waals surface area contributed by atoms with Crippen LogP contribution < -0.4 is 0 Å². The molecule has 0 saturated heterocycles. The van der Waals surface area contributed by atoms with Crippen molar-refractivity contribution in [2.24, 2.45) is 0 Å². The van der Waals surface area contributed by atoms with Gasteiger partial charge in [0.05, 0.1) is 27.6 Å². The molecule has 2 heterocycles. The molecule has 0 aliphatic rings. The molecule has 0 aliphatic heterocycles. The standard InChI is InChI=1S/C57H35F3N2/c58-57(59,60)40-15-12-16-42(35-40)62-52-24-11-9-18-44(52)50-34-39(28-32-54(50)62)38-27-31-53-49(33-38)43-17-8-10-23-51(43)61(53)41-29-25-37(26-30-41)56-47-21-6-4-19-45(47)55(36-13-2-1-3-14-36)46-20-5-7-22-48(46)56/h1-35H. The van der Waals surface area contributed by atoms with Crippen molar-refractivity contribution in [1.29, 1.82) is 0 Å². The van der Waals surface area contributed by atoms with E-state index in [-0.39, 0.29) is 0 Å². The van der Waals surface area contributed by atoms with Crippen molar-refractivity contribution in [3.05, 3.63) is 218 Å². The first kappa shape index (κ1) is 36.0. The molecule has 62 heavy (non-hydrogen) atoms. The van der Waals surface area contributed by atoms with Gasteiger partial charge in [-0.15, -0.1) is 0 Å². The van der Waals surface area contributed by atoms with Gasteiger partial charge in [-0.3, -0.25) is 0 Å². The smallest absolute Gasteiger partial charge is 0.309 e. The van der Waals surface area contributed by atoms with Crippen LogP contribution in [0.1, 0.15) is 5.56 Å². The van der Waals surface area contributed by atoms with E-state index in [2.05, 4.69) is 162 Å². The van der Waals surface area contributed by atoms with Crippen LogP contribution in [0, 0.1) is 0 Å². The average molecular weight is 805 g/mol. The van der Waals surface area contributed by atoms with E-state index >= 15 is 0 Å². The van der Waals surface area contributed by atoms with Crippen LogP contribution in [0.4, 0.5) is 13.2 Å². The van der Waals surface area contributed by atoms with E-state index in [0.29, 0.717) is 5.69 Å². The minimum Gasteiger partial charge on any atom is -0.309 e. The monoisotopic (exact) mass is 804 g/mol. The molecule has 12 aromatic rings. The minimum absolute atomic E-state index is 0.476. The van der Waals surface area contributed by atoms with Crippen molar-refractivity contribution in [3.8, 4) is 44.8 Å². The van der Waals surface area contributed by atoms with Gasteiger partial charge in [0.1, 0.15) is 0 Å². The summed E-state index contributed by atoms with van der Waals surface area (Å²) in [6, 6.07) is 72.1. The molecule has 0 N–H and O–H groups in total. The van der Waals surface area contributed by atoms with E-state index in [1.165, 1.54) is 50.4 Å². The Morgan fingerprint density at radius 3 is 1.18 bits per heavy atom. The average Bonchev–Trinajstić information content (AvgIpc) is 3.83. The van der Waals surface area contributed by atoms with Gasteiger partial charge in [0, 0.05) is 32.9 Å². The third-order valence-electron chi connectivity index (χ3n) is 12.5. The van der Waals surface area contributed by atoms with E-state index in [4.69, 9.17) is 0 Å². The zero-order chi connectivity index (χ0) is 41.5. The van der Waals surface area contributed by atoms with E-state index in [0.717, 1.165) is 72.1 Å². The number of benzene rings is 10. The molecule has 0 atom stereocenters. The van der Waals surface area contributed by atoms with Gasteiger partial charge in [-0.2, -0.15) is 13.2 Å². The Bertz CT molecular complexity index is 3670. The molecule has 5 heteroatoms. The van der Waals surface area contributed by atoms with Crippen LogP contribution in [0.15, 0.2) is 212 Å². The second kappa shape index (κ2) is 13.8. The van der Waals surface area contributed by atoms with Crippen molar-refractivity contribution >= 4 is 65.2 Å². The highest BCUT2D eigenvalue weighted by Gasteiger charge is 2.31. The van der Waals surface area contributed by atoms with Crippen molar-refractivity contribution in [2.45, 2.75) is 6.18 Å². The maximum Gasteiger partial charge on any atom is 0.416 e. The molecular formula is C57H35F3N2. The Morgan fingerprint density at radius 2 is 0.677 bits per heavy atom. The second-order valence-corrected chi connectivity index (χ2v) is 16.0. The molecule has 0 aliphatic carbocycles. The first-order valence-corrected chi connectivity index (χ1v) is 20.7. The van der Waals surface area contributed by atoms with Crippen LogP contribution in [0.5, 0.6) is 0 Å². The summed E-state index contributed by atoms with van der Waals surface area (Å²) in [4.78, 5) is 0. The maximum atomic E-state index is 13.8. The lowest BCUT2D eigenvalue weighted by Gasteiger charge is -2.18. The number of hydrogen-bond acceptors (Lipinski definition) is 0. The Hall–Kier alpha value is -7.89. The van der Waals surface area contributed by atoms with E-state index in [1.807, 2.05) is 34.9 Å². The number of hydrogen-bond donors (Lipinski definition) is 0. The van der Waals surface area contributed by atoms with Crippen LogP contribution >= 0.6 is 0 Å². The van der Waals surface area contributed by atoms with Crippen molar-refractivity contribution < 1.29 is 13.2 Å². The highest BCUT2D eigenvalue weighted by molar-refractivity contribution is 6.21.